The lowest BCUT2D eigenvalue weighted by molar-refractivity contribution is 0.167. The Morgan fingerprint density at radius 1 is 1.89 bits per heavy atom. The topological polar surface area (TPSA) is 47.3 Å². The van der Waals surface area contributed by atoms with Gasteiger partial charge in [-0.25, -0.2) is 0 Å². The molecule has 0 spiro atoms. The quantitative estimate of drug-likeness (QED) is 0.314. The number of hydrazine groups is 1. The number of nitrogens with two attached hydrogens (primary N) is 1. The fourth-order valence-corrected chi connectivity index (χ4v) is 0.587. The molecule has 0 radical (unpaired) electrons. The van der Waals surface area contributed by atoms with Crippen LogP contribution in [0.2, 0.25) is 0 Å². The zero-order valence-electron chi connectivity index (χ0n) is 5.76. The van der Waals surface area contributed by atoms with Crippen molar-refractivity contribution in [3.8, 4) is 0 Å². The molecule has 3 heteroatoms. The molecule has 0 aliphatic rings. The zero-order valence-corrected chi connectivity index (χ0v) is 5.76. The van der Waals surface area contributed by atoms with E-state index < -0.39 is 0 Å². The van der Waals surface area contributed by atoms with Crippen LogP contribution in [0.15, 0.2) is 12.7 Å². The van der Waals surface area contributed by atoms with Crippen molar-refractivity contribution in [2.45, 2.75) is 12.5 Å². The first-order valence-electron chi connectivity index (χ1n) is 2.91. The summed E-state index contributed by atoms with van der Waals surface area (Å²) in [6.07, 6.45) is 2.65. The number of hydrogen-bond acceptors (Lipinski definition) is 3. The van der Waals surface area contributed by atoms with Crippen LogP contribution >= 0.6 is 0 Å². The molecule has 0 aromatic carbocycles. The van der Waals surface area contributed by atoms with Crippen LogP contribution in [0.5, 0.6) is 0 Å². The van der Waals surface area contributed by atoms with Crippen molar-refractivity contribution in [3.63, 3.8) is 0 Å². The fourth-order valence-electron chi connectivity index (χ4n) is 0.587. The van der Waals surface area contributed by atoms with Gasteiger partial charge in [-0.2, -0.15) is 0 Å². The van der Waals surface area contributed by atoms with E-state index in [0.29, 0.717) is 6.61 Å². The largest absolute Gasteiger partial charge is 0.383 e. The lowest BCUT2D eigenvalue weighted by Crippen LogP contribution is -2.37. The summed E-state index contributed by atoms with van der Waals surface area (Å²) in [6, 6.07) is 0.201. The Labute approximate surface area is 55.8 Å². The Morgan fingerprint density at radius 3 is 2.89 bits per heavy atom. The summed E-state index contributed by atoms with van der Waals surface area (Å²) in [5.41, 5.74) is 2.61. The van der Waals surface area contributed by atoms with Gasteiger partial charge in [0.2, 0.25) is 0 Å². The van der Waals surface area contributed by atoms with Crippen LogP contribution in [0.25, 0.3) is 0 Å². The number of nitrogens with one attached hydrogen (secondary N) is 1. The van der Waals surface area contributed by atoms with E-state index in [-0.39, 0.29) is 6.04 Å². The first-order chi connectivity index (χ1) is 4.35. The smallest absolute Gasteiger partial charge is 0.0632 e. The number of rotatable bonds is 5. The van der Waals surface area contributed by atoms with Gasteiger partial charge in [0, 0.05) is 13.2 Å². The van der Waals surface area contributed by atoms with Gasteiger partial charge in [0.15, 0.2) is 0 Å². The molecular formula is C6H14N2O. The predicted octanol–water partition coefficient (Wildman–Crippen LogP) is 0.0408. The molecule has 54 valence electrons. The van der Waals surface area contributed by atoms with Crippen molar-refractivity contribution >= 4 is 0 Å². The average molecular weight is 130 g/mol. The van der Waals surface area contributed by atoms with Crippen molar-refractivity contribution in [2.75, 3.05) is 13.7 Å². The first kappa shape index (κ1) is 8.62. The second kappa shape index (κ2) is 5.75. The molecule has 3 nitrogen and oxygen atoms in total. The standard InChI is InChI=1S/C6H14N2O/c1-3-4-6(8-7)5-9-2/h3,6,8H,1,4-5,7H2,2H3. The third-order valence-corrected chi connectivity index (χ3v) is 1.05. The van der Waals surface area contributed by atoms with Crippen LogP contribution in [0.3, 0.4) is 0 Å². The molecule has 1 atom stereocenters. The van der Waals surface area contributed by atoms with Crippen LogP contribution < -0.4 is 11.3 Å². The van der Waals surface area contributed by atoms with E-state index in [2.05, 4.69) is 12.0 Å². The summed E-state index contributed by atoms with van der Waals surface area (Å²) >= 11 is 0. The second-order valence-electron chi connectivity index (χ2n) is 1.84. The minimum absolute atomic E-state index is 0.201. The molecule has 0 bridgehead atoms. The minimum Gasteiger partial charge on any atom is -0.383 e. The Balaban J connectivity index is 3.28. The summed E-state index contributed by atoms with van der Waals surface area (Å²) in [4.78, 5) is 0. The summed E-state index contributed by atoms with van der Waals surface area (Å²) in [6.45, 7) is 4.21. The molecule has 0 rings (SSSR count). The zero-order chi connectivity index (χ0) is 7.11. The SMILES string of the molecule is C=CCC(COC)NN. The molecular weight excluding hydrogens is 116 g/mol. The maximum absolute atomic E-state index is 5.17. The molecule has 0 saturated heterocycles. The molecule has 0 saturated carbocycles. The van der Waals surface area contributed by atoms with Crippen molar-refractivity contribution in [1.82, 2.24) is 5.43 Å². The van der Waals surface area contributed by atoms with E-state index in [4.69, 9.17) is 10.6 Å². The molecule has 3 N–H and O–H groups in total. The van der Waals surface area contributed by atoms with E-state index in [1.54, 1.807) is 7.11 Å². The molecule has 0 amide bonds. The van der Waals surface area contributed by atoms with Crippen molar-refractivity contribution in [3.05, 3.63) is 12.7 Å². The van der Waals surface area contributed by atoms with Crippen LogP contribution in [0.1, 0.15) is 6.42 Å². The Hall–Kier alpha value is -0.380. The van der Waals surface area contributed by atoms with Gasteiger partial charge >= 0.3 is 0 Å². The first-order valence-corrected chi connectivity index (χ1v) is 2.91. The normalized spacial score (nSPS) is 13.1. The van der Waals surface area contributed by atoms with E-state index in [9.17, 15) is 0 Å². The van der Waals surface area contributed by atoms with Crippen molar-refractivity contribution in [2.24, 2.45) is 5.84 Å². The van der Waals surface area contributed by atoms with Crippen LogP contribution in [-0.2, 0) is 4.74 Å². The van der Waals surface area contributed by atoms with Gasteiger partial charge in [0.05, 0.1) is 6.61 Å². The third kappa shape index (κ3) is 4.14. The maximum Gasteiger partial charge on any atom is 0.0632 e. The van der Waals surface area contributed by atoms with Gasteiger partial charge in [0.25, 0.3) is 0 Å². The van der Waals surface area contributed by atoms with Crippen LogP contribution in [0.4, 0.5) is 0 Å². The molecule has 0 heterocycles. The highest BCUT2D eigenvalue weighted by molar-refractivity contribution is 4.75. The molecule has 0 fully saturated rings. The Bertz CT molecular complexity index is 75.5. The summed E-state index contributed by atoms with van der Waals surface area (Å²) in [5.74, 6) is 5.17. The van der Waals surface area contributed by atoms with E-state index in [0.717, 1.165) is 6.42 Å². The van der Waals surface area contributed by atoms with E-state index >= 15 is 0 Å². The van der Waals surface area contributed by atoms with E-state index in [1.807, 2.05) is 6.08 Å². The average Bonchev–Trinajstić information content (AvgIpc) is 1.88. The number of ether oxygens (including phenoxy) is 1. The Morgan fingerprint density at radius 2 is 2.56 bits per heavy atom. The third-order valence-electron chi connectivity index (χ3n) is 1.05. The molecule has 9 heavy (non-hydrogen) atoms. The molecule has 0 aliphatic carbocycles. The van der Waals surface area contributed by atoms with Crippen LogP contribution in [-0.4, -0.2) is 19.8 Å². The molecule has 1 unspecified atom stereocenters. The van der Waals surface area contributed by atoms with E-state index in [1.165, 1.54) is 0 Å². The summed E-state index contributed by atoms with van der Waals surface area (Å²) in [5, 5.41) is 0. The monoisotopic (exact) mass is 130 g/mol. The second-order valence-corrected chi connectivity index (χ2v) is 1.84. The number of hydrogen-bond donors (Lipinski definition) is 2. The van der Waals surface area contributed by atoms with Gasteiger partial charge in [-0.1, -0.05) is 6.08 Å². The molecule has 0 aromatic rings. The Kier molecular flexibility index (Phi) is 5.51. The fraction of sp³-hybridized carbons (Fsp3) is 0.667. The highest BCUT2D eigenvalue weighted by atomic mass is 16.5. The van der Waals surface area contributed by atoms with Gasteiger partial charge in [-0.3, -0.25) is 11.3 Å². The van der Waals surface area contributed by atoms with Gasteiger partial charge in [-0.15, -0.1) is 6.58 Å². The minimum atomic E-state index is 0.201. The van der Waals surface area contributed by atoms with Crippen LogP contribution in [0, 0.1) is 0 Å². The predicted molar refractivity (Wildman–Crippen MR) is 37.8 cm³/mol. The lowest BCUT2D eigenvalue weighted by atomic mass is 10.2. The molecule has 0 aromatic heterocycles. The number of methoxy groups -OCH3 is 1. The van der Waals surface area contributed by atoms with Gasteiger partial charge in [-0.05, 0) is 6.42 Å². The lowest BCUT2D eigenvalue weighted by Gasteiger charge is -2.10. The van der Waals surface area contributed by atoms with Gasteiger partial charge < -0.3 is 4.74 Å². The maximum atomic E-state index is 5.17. The highest BCUT2D eigenvalue weighted by Gasteiger charge is 2.00. The van der Waals surface area contributed by atoms with Crippen molar-refractivity contribution in [1.29, 1.82) is 0 Å². The highest BCUT2D eigenvalue weighted by Crippen LogP contribution is 1.89. The van der Waals surface area contributed by atoms with Gasteiger partial charge in [0.1, 0.15) is 0 Å². The molecule has 0 aliphatic heterocycles. The summed E-state index contributed by atoms with van der Waals surface area (Å²) < 4.78 is 4.86. The van der Waals surface area contributed by atoms with Crippen molar-refractivity contribution < 1.29 is 4.74 Å². The summed E-state index contributed by atoms with van der Waals surface area (Å²) in [7, 11) is 1.65.